The van der Waals surface area contributed by atoms with Gasteiger partial charge in [0.2, 0.25) is 5.91 Å². The Morgan fingerprint density at radius 3 is 2.55 bits per heavy atom. The van der Waals surface area contributed by atoms with Gasteiger partial charge in [-0.15, -0.1) is 5.10 Å². The molecule has 0 radical (unpaired) electrons. The highest BCUT2D eigenvalue weighted by molar-refractivity contribution is 8.15. The van der Waals surface area contributed by atoms with E-state index in [-0.39, 0.29) is 11.5 Å². The largest absolute Gasteiger partial charge is 0.330 e. The second-order valence-electron chi connectivity index (χ2n) is 4.19. The summed E-state index contributed by atoms with van der Waals surface area (Å²) in [7, 11) is 2.98. The van der Waals surface area contributed by atoms with Crippen LogP contribution in [0.1, 0.15) is 11.3 Å². The molecule has 8 nitrogen and oxygen atoms in total. The van der Waals surface area contributed by atoms with Crippen LogP contribution in [0.5, 0.6) is 0 Å². The van der Waals surface area contributed by atoms with Crippen molar-refractivity contribution in [1.82, 2.24) is 14.5 Å². The first-order valence-corrected chi connectivity index (χ1v) is 6.70. The number of thioether (sulfide) groups is 1. The van der Waals surface area contributed by atoms with E-state index in [1.54, 1.807) is 14.0 Å². The minimum Gasteiger partial charge on any atom is -0.303 e. The summed E-state index contributed by atoms with van der Waals surface area (Å²) in [6, 6.07) is 0. The monoisotopic (exact) mass is 295 g/mol. The predicted octanol–water partition coefficient (Wildman–Crippen LogP) is -1.05. The zero-order valence-electron chi connectivity index (χ0n) is 11.2. The van der Waals surface area contributed by atoms with Gasteiger partial charge < -0.3 is 9.88 Å². The second-order valence-corrected chi connectivity index (χ2v) is 5.16. The van der Waals surface area contributed by atoms with Crippen LogP contribution in [0, 0.1) is 6.92 Å². The Kier molecular flexibility index (Phi) is 3.89. The van der Waals surface area contributed by atoms with Gasteiger partial charge in [0.25, 0.3) is 5.56 Å². The van der Waals surface area contributed by atoms with Crippen LogP contribution in [0.2, 0.25) is 0 Å². The van der Waals surface area contributed by atoms with Crippen molar-refractivity contribution in [2.45, 2.75) is 6.92 Å². The maximum absolute atomic E-state index is 12.0. The SMILES string of the molecule is Cc1c(/C=N\N=C2/NC(=O)CS2)c(=O)n(C)c(=O)n1C. The summed E-state index contributed by atoms with van der Waals surface area (Å²) in [6.07, 6.45) is 1.29. The number of carbonyl (C=O) groups excluding carboxylic acids is 1. The quantitative estimate of drug-likeness (QED) is 0.556. The first kappa shape index (κ1) is 14.3. The summed E-state index contributed by atoms with van der Waals surface area (Å²) in [5.74, 6) is 0.188. The molecule has 0 aromatic carbocycles. The van der Waals surface area contributed by atoms with Gasteiger partial charge in [0, 0.05) is 19.8 Å². The van der Waals surface area contributed by atoms with Crippen molar-refractivity contribution in [3.05, 3.63) is 32.1 Å². The van der Waals surface area contributed by atoms with Crippen LogP contribution in [0.4, 0.5) is 0 Å². The van der Waals surface area contributed by atoms with Crippen LogP contribution in [0.25, 0.3) is 0 Å². The molecule has 0 unspecified atom stereocenters. The molecule has 0 spiro atoms. The lowest BCUT2D eigenvalue weighted by Gasteiger charge is -2.08. The number of hydrogen-bond donors (Lipinski definition) is 1. The molecule has 106 valence electrons. The molecule has 2 rings (SSSR count). The van der Waals surface area contributed by atoms with Gasteiger partial charge in [-0.2, -0.15) is 5.10 Å². The van der Waals surface area contributed by atoms with E-state index in [0.29, 0.717) is 16.6 Å². The molecule has 1 aliphatic rings. The number of rotatable bonds is 2. The van der Waals surface area contributed by atoms with E-state index < -0.39 is 11.2 Å². The Bertz CT molecular complexity index is 744. The third-order valence-corrected chi connectivity index (χ3v) is 3.79. The van der Waals surface area contributed by atoms with E-state index in [9.17, 15) is 14.4 Å². The third kappa shape index (κ3) is 2.57. The lowest BCUT2D eigenvalue weighted by Crippen LogP contribution is -2.40. The zero-order valence-corrected chi connectivity index (χ0v) is 12.0. The lowest BCUT2D eigenvalue weighted by atomic mass is 10.2. The minimum absolute atomic E-state index is 0.127. The van der Waals surface area contributed by atoms with E-state index in [1.165, 1.54) is 29.6 Å². The minimum atomic E-state index is -0.433. The van der Waals surface area contributed by atoms with Gasteiger partial charge in [0.1, 0.15) is 0 Å². The van der Waals surface area contributed by atoms with Gasteiger partial charge in [-0.05, 0) is 6.92 Å². The predicted molar refractivity (Wildman–Crippen MR) is 77.3 cm³/mol. The van der Waals surface area contributed by atoms with E-state index in [1.807, 2.05) is 0 Å². The number of carbonyl (C=O) groups is 1. The van der Waals surface area contributed by atoms with Crippen molar-refractivity contribution in [1.29, 1.82) is 0 Å². The van der Waals surface area contributed by atoms with Crippen LogP contribution in [-0.4, -0.2) is 32.2 Å². The van der Waals surface area contributed by atoms with Crippen molar-refractivity contribution >= 4 is 29.1 Å². The van der Waals surface area contributed by atoms with Gasteiger partial charge in [0.15, 0.2) is 5.17 Å². The number of hydrogen-bond acceptors (Lipinski definition) is 6. The van der Waals surface area contributed by atoms with Crippen LogP contribution in [0.15, 0.2) is 19.8 Å². The zero-order chi connectivity index (χ0) is 14.9. The maximum Gasteiger partial charge on any atom is 0.330 e. The first-order valence-electron chi connectivity index (χ1n) is 5.72. The van der Waals surface area contributed by atoms with Crippen molar-refractivity contribution in [3.63, 3.8) is 0 Å². The molecule has 1 amide bonds. The molecule has 0 atom stereocenters. The van der Waals surface area contributed by atoms with E-state index in [0.717, 1.165) is 4.57 Å². The molecule has 0 aliphatic carbocycles. The molecular weight excluding hydrogens is 282 g/mol. The van der Waals surface area contributed by atoms with Gasteiger partial charge in [0.05, 0.1) is 17.5 Å². The van der Waals surface area contributed by atoms with Crippen molar-refractivity contribution < 1.29 is 4.79 Å². The maximum atomic E-state index is 12.0. The third-order valence-electron chi connectivity index (χ3n) is 2.92. The number of nitrogens with one attached hydrogen (secondary N) is 1. The highest BCUT2D eigenvalue weighted by Crippen LogP contribution is 2.08. The Morgan fingerprint density at radius 1 is 1.25 bits per heavy atom. The fourth-order valence-corrected chi connectivity index (χ4v) is 2.27. The van der Waals surface area contributed by atoms with Gasteiger partial charge >= 0.3 is 5.69 Å². The molecular formula is C11H13N5O3S. The Labute approximate surface area is 118 Å². The molecule has 1 aliphatic heterocycles. The summed E-state index contributed by atoms with van der Waals surface area (Å²) >= 11 is 1.24. The molecule has 1 aromatic heterocycles. The van der Waals surface area contributed by atoms with Crippen LogP contribution in [-0.2, 0) is 18.9 Å². The summed E-state index contributed by atoms with van der Waals surface area (Å²) in [5.41, 5.74) is -0.0364. The standard InChI is InChI=1S/C11H13N5O3S/c1-6-7(9(18)16(3)11(19)15(6)2)4-12-14-10-13-8(17)5-20-10/h4H,5H2,1-3H3,(H,13,14,17)/b12-4-. The number of amides is 1. The normalized spacial score (nSPS) is 17.1. The molecule has 1 saturated heterocycles. The molecule has 9 heteroatoms. The van der Waals surface area contributed by atoms with Crippen molar-refractivity contribution in [2.24, 2.45) is 24.3 Å². The molecule has 1 aromatic rings. The number of aromatic nitrogens is 2. The highest BCUT2D eigenvalue weighted by atomic mass is 32.2. The molecule has 0 bridgehead atoms. The Balaban J connectivity index is 2.38. The summed E-state index contributed by atoms with van der Waals surface area (Å²) in [6.45, 7) is 1.66. The highest BCUT2D eigenvalue weighted by Gasteiger charge is 2.16. The average Bonchev–Trinajstić information content (AvgIpc) is 2.84. The van der Waals surface area contributed by atoms with Gasteiger partial charge in [-0.25, -0.2) is 4.79 Å². The van der Waals surface area contributed by atoms with Crippen molar-refractivity contribution in [2.75, 3.05) is 5.75 Å². The van der Waals surface area contributed by atoms with Crippen LogP contribution in [0.3, 0.4) is 0 Å². The fraction of sp³-hybridized carbons (Fsp3) is 0.364. The molecule has 20 heavy (non-hydrogen) atoms. The molecule has 2 heterocycles. The summed E-state index contributed by atoms with van der Waals surface area (Å²) in [5, 5.41) is 10.5. The van der Waals surface area contributed by atoms with Crippen molar-refractivity contribution in [3.8, 4) is 0 Å². The number of amidine groups is 1. The lowest BCUT2D eigenvalue weighted by molar-refractivity contribution is -0.116. The van der Waals surface area contributed by atoms with E-state index in [2.05, 4.69) is 15.5 Å². The van der Waals surface area contributed by atoms with Gasteiger partial charge in [-0.3, -0.25) is 14.2 Å². The molecule has 1 N–H and O–H groups in total. The first-order chi connectivity index (χ1) is 9.41. The van der Waals surface area contributed by atoms with E-state index >= 15 is 0 Å². The molecule has 0 saturated carbocycles. The van der Waals surface area contributed by atoms with Crippen LogP contribution < -0.4 is 16.6 Å². The topological polar surface area (TPSA) is 97.8 Å². The Morgan fingerprint density at radius 2 is 1.95 bits per heavy atom. The molecule has 1 fully saturated rings. The Hall–Kier alpha value is -2.16. The van der Waals surface area contributed by atoms with Crippen LogP contribution >= 0.6 is 11.8 Å². The second kappa shape index (κ2) is 5.45. The number of nitrogens with zero attached hydrogens (tertiary/aromatic N) is 4. The van der Waals surface area contributed by atoms with E-state index in [4.69, 9.17) is 0 Å². The van der Waals surface area contributed by atoms with Gasteiger partial charge in [-0.1, -0.05) is 11.8 Å². The summed E-state index contributed by atoms with van der Waals surface area (Å²) in [4.78, 5) is 34.6. The smallest absolute Gasteiger partial charge is 0.303 e. The summed E-state index contributed by atoms with van der Waals surface area (Å²) < 4.78 is 2.37. The fourth-order valence-electron chi connectivity index (χ4n) is 1.64. The average molecular weight is 295 g/mol.